The maximum absolute atomic E-state index is 12.9. The number of hydrogen-bond donors (Lipinski definition) is 0. The Kier molecular flexibility index (Phi) is 6.59. The number of thiazole rings is 1. The molecule has 3 aromatic carbocycles. The van der Waals surface area contributed by atoms with Gasteiger partial charge < -0.3 is 9.47 Å². The zero-order valence-electron chi connectivity index (χ0n) is 19.2. The van der Waals surface area contributed by atoms with Gasteiger partial charge in [0.25, 0.3) is 5.91 Å². The van der Waals surface area contributed by atoms with Crippen molar-refractivity contribution in [3.8, 4) is 17.0 Å². The van der Waals surface area contributed by atoms with Crippen LogP contribution < -0.4 is 9.64 Å². The van der Waals surface area contributed by atoms with Crippen LogP contribution in [0.25, 0.3) is 11.3 Å². The molecule has 176 valence electrons. The molecule has 0 saturated carbocycles. The van der Waals surface area contributed by atoms with E-state index in [1.165, 1.54) is 10.5 Å². The molecule has 0 aliphatic carbocycles. The summed E-state index contributed by atoms with van der Waals surface area (Å²) in [5, 5.41) is 3.01. The molecule has 7 heteroatoms. The molecule has 0 N–H and O–H groups in total. The Morgan fingerprint density at radius 1 is 1.03 bits per heavy atom. The molecule has 4 aromatic rings. The third-order valence-electron chi connectivity index (χ3n) is 5.74. The molecular formula is C28H24N2O4S. The molecule has 0 fully saturated rings. The molecule has 0 radical (unpaired) electrons. The highest BCUT2D eigenvalue weighted by molar-refractivity contribution is 7.10. The van der Waals surface area contributed by atoms with Crippen LogP contribution in [-0.2, 0) is 27.4 Å². The van der Waals surface area contributed by atoms with Crippen molar-refractivity contribution in [2.24, 2.45) is 0 Å². The Labute approximate surface area is 207 Å². The second kappa shape index (κ2) is 10.1. The van der Waals surface area contributed by atoms with Gasteiger partial charge in [-0.05, 0) is 36.2 Å². The van der Waals surface area contributed by atoms with Gasteiger partial charge in [0, 0.05) is 17.4 Å². The first-order chi connectivity index (χ1) is 17.1. The fraction of sp³-hybridized carbons (Fsp3) is 0.179. The minimum absolute atomic E-state index is 0.156. The van der Waals surface area contributed by atoms with Crippen molar-refractivity contribution in [3.05, 3.63) is 100 Å². The molecule has 1 aliphatic rings. The van der Waals surface area contributed by atoms with Gasteiger partial charge in [-0.1, -0.05) is 60.7 Å². The molecule has 1 unspecified atom stereocenters. The number of hydrogen-bond acceptors (Lipinski definition) is 6. The van der Waals surface area contributed by atoms with E-state index in [-0.39, 0.29) is 19.1 Å². The SMILES string of the molecule is CC1Oc2ccc(-c3csc(Cc4ccccc4)n3)cc2N(CC(=O)OCc2ccccc2)C1=O. The van der Waals surface area contributed by atoms with E-state index in [1.54, 1.807) is 18.3 Å². The minimum atomic E-state index is -0.688. The normalized spacial score (nSPS) is 14.8. The molecular weight excluding hydrogens is 460 g/mol. The first-order valence-electron chi connectivity index (χ1n) is 11.4. The Bertz CT molecular complexity index is 1340. The number of fused-ring (bicyclic) bond motifs is 1. The van der Waals surface area contributed by atoms with E-state index >= 15 is 0 Å². The molecule has 1 aliphatic heterocycles. The first kappa shape index (κ1) is 22.8. The Hall–Kier alpha value is -3.97. The van der Waals surface area contributed by atoms with E-state index in [9.17, 15) is 9.59 Å². The molecule has 2 heterocycles. The van der Waals surface area contributed by atoms with Crippen LogP contribution in [0.1, 0.15) is 23.1 Å². The van der Waals surface area contributed by atoms with E-state index < -0.39 is 12.1 Å². The number of carbonyl (C=O) groups is 2. The fourth-order valence-electron chi connectivity index (χ4n) is 3.94. The predicted octanol–water partition coefficient (Wildman–Crippen LogP) is 5.26. The van der Waals surface area contributed by atoms with Crippen molar-refractivity contribution in [1.82, 2.24) is 4.98 Å². The summed E-state index contributed by atoms with van der Waals surface area (Å²) >= 11 is 1.60. The van der Waals surface area contributed by atoms with Crippen LogP contribution in [0.4, 0.5) is 5.69 Å². The quantitative estimate of drug-likeness (QED) is 0.335. The Morgan fingerprint density at radius 3 is 2.49 bits per heavy atom. The van der Waals surface area contributed by atoms with Gasteiger partial charge in [0.2, 0.25) is 0 Å². The summed E-state index contributed by atoms with van der Waals surface area (Å²) in [5.74, 6) is -0.211. The van der Waals surface area contributed by atoms with Crippen molar-refractivity contribution in [2.75, 3.05) is 11.4 Å². The number of carbonyl (C=O) groups excluding carboxylic acids is 2. The molecule has 0 bridgehead atoms. The number of nitrogens with zero attached hydrogens (tertiary/aromatic N) is 2. The zero-order valence-corrected chi connectivity index (χ0v) is 20.0. The van der Waals surface area contributed by atoms with Crippen LogP contribution in [0.3, 0.4) is 0 Å². The molecule has 1 aromatic heterocycles. The monoisotopic (exact) mass is 484 g/mol. The summed E-state index contributed by atoms with van der Waals surface area (Å²) in [5.41, 5.74) is 4.31. The van der Waals surface area contributed by atoms with Gasteiger partial charge in [-0.3, -0.25) is 14.5 Å². The largest absolute Gasteiger partial charge is 0.479 e. The van der Waals surface area contributed by atoms with Crippen molar-refractivity contribution < 1.29 is 19.1 Å². The molecule has 6 nitrogen and oxygen atoms in total. The van der Waals surface area contributed by atoms with Crippen LogP contribution in [0, 0.1) is 0 Å². The first-order valence-corrected chi connectivity index (χ1v) is 12.2. The molecule has 0 spiro atoms. The van der Waals surface area contributed by atoms with Crippen LogP contribution in [0.5, 0.6) is 5.75 Å². The number of anilines is 1. The van der Waals surface area contributed by atoms with Gasteiger partial charge in [0.1, 0.15) is 18.9 Å². The van der Waals surface area contributed by atoms with Crippen LogP contribution in [-0.4, -0.2) is 29.5 Å². The van der Waals surface area contributed by atoms with Gasteiger partial charge >= 0.3 is 5.97 Å². The lowest BCUT2D eigenvalue weighted by atomic mass is 10.1. The predicted molar refractivity (Wildman–Crippen MR) is 135 cm³/mol. The fourth-order valence-corrected chi connectivity index (χ4v) is 4.77. The number of ether oxygens (including phenoxy) is 2. The standard InChI is InChI=1S/C28H24N2O4S/c1-19-28(32)30(16-27(31)33-17-21-10-6-3-7-11-21)24-15-22(12-13-25(24)34-19)23-18-35-26(29-23)14-20-8-4-2-5-9-20/h2-13,15,18-19H,14,16-17H2,1H3. The highest BCUT2D eigenvalue weighted by Gasteiger charge is 2.33. The van der Waals surface area contributed by atoms with Crippen LogP contribution in [0.15, 0.2) is 84.2 Å². The van der Waals surface area contributed by atoms with Gasteiger partial charge in [-0.2, -0.15) is 0 Å². The average molecular weight is 485 g/mol. The number of esters is 1. The van der Waals surface area contributed by atoms with Gasteiger partial charge in [-0.25, -0.2) is 4.98 Å². The lowest BCUT2D eigenvalue weighted by molar-refractivity contribution is -0.144. The minimum Gasteiger partial charge on any atom is -0.479 e. The summed E-state index contributed by atoms with van der Waals surface area (Å²) in [7, 11) is 0. The van der Waals surface area contributed by atoms with Crippen LogP contribution >= 0.6 is 11.3 Å². The second-order valence-electron chi connectivity index (χ2n) is 8.30. The smallest absolute Gasteiger partial charge is 0.326 e. The topological polar surface area (TPSA) is 68.7 Å². The Morgan fingerprint density at radius 2 is 1.74 bits per heavy atom. The maximum atomic E-state index is 12.9. The van der Waals surface area contributed by atoms with Crippen molar-refractivity contribution in [1.29, 1.82) is 0 Å². The summed E-state index contributed by atoms with van der Waals surface area (Å²) in [6.07, 6.45) is 0.0709. The van der Waals surface area contributed by atoms with Crippen LogP contribution in [0.2, 0.25) is 0 Å². The highest BCUT2D eigenvalue weighted by atomic mass is 32.1. The third-order valence-corrected chi connectivity index (χ3v) is 6.59. The van der Waals surface area contributed by atoms with E-state index in [0.29, 0.717) is 11.4 Å². The average Bonchev–Trinajstić information content (AvgIpc) is 3.35. The zero-order chi connectivity index (χ0) is 24.2. The lowest BCUT2D eigenvalue weighted by Crippen LogP contribution is -2.47. The van der Waals surface area contributed by atoms with Crippen molar-refractivity contribution in [2.45, 2.75) is 26.1 Å². The molecule has 0 saturated heterocycles. The number of aromatic nitrogens is 1. The van der Waals surface area contributed by atoms with Gasteiger partial charge in [0.05, 0.1) is 16.4 Å². The van der Waals surface area contributed by atoms with Gasteiger partial charge in [0.15, 0.2) is 6.10 Å². The number of benzene rings is 3. The molecule has 5 rings (SSSR count). The lowest BCUT2D eigenvalue weighted by Gasteiger charge is -2.32. The Balaban J connectivity index is 1.35. The van der Waals surface area contributed by atoms with E-state index in [1.807, 2.05) is 72.1 Å². The molecule has 1 atom stereocenters. The maximum Gasteiger partial charge on any atom is 0.326 e. The van der Waals surface area contributed by atoms with E-state index in [0.717, 1.165) is 28.2 Å². The second-order valence-corrected chi connectivity index (χ2v) is 9.24. The highest BCUT2D eigenvalue weighted by Crippen LogP contribution is 2.38. The number of amides is 1. The molecule has 1 amide bonds. The van der Waals surface area contributed by atoms with E-state index in [2.05, 4.69) is 12.1 Å². The van der Waals surface area contributed by atoms with Crippen molar-refractivity contribution >= 4 is 28.9 Å². The van der Waals surface area contributed by atoms with Crippen molar-refractivity contribution in [3.63, 3.8) is 0 Å². The third kappa shape index (κ3) is 5.25. The summed E-state index contributed by atoms with van der Waals surface area (Å²) in [6.45, 7) is 1.65. The van der Waals surface area contributed by atoms with Gasteiger partial charge in [-0.15, -0.1) is 11.3 Å². The summed E-state index contributed by atoms with van der Waals surface area (Å²) < 4.78 is 11.2. The molecule has 35 heavy (non-hydrogen) atoms. The summed E-state index contributed by atoms with van der Waals surface area (Å²) in [6, 6.07) is 25.3. The summed E-state index contributed by atoms with van der Waals surface area (Å²) in [4.78, 5) is 31.8. The number of rotatable bonds is 7. The van der Waals surface area contributed by atoms with E-state index in [4.69, 9.17) is 14.5 Å².